The fraction of sp³-hybridized carbons (Fsp3) is 0.188. The van der Waals surface area contributed by atoms with Gasteiger partial charge in [-0.25, -0.2) is 4.39 Å². The number of aromatic amines is 1. The number of hydrogen-bond acceptors (Lipinski definition) is 2. The summed E-state index contributed by atoms with van der Waals surface area (Å²) in [5, 5.41) is 0.607. The molecule has 2 heterocycles. The molecule has 3 aromatic rings. The number of hydrogen-bond donors (Lipinski definition) is 1. The smallest absolute Gasteiger partial charge is 0.272 e. The molecule has 0 aliphatic heterocycles. The minimum atomic E-state index is -0.285. The number of fused-ring (bicyclic) bond motifs is 1. The molecule has 0 spiro atoms. The predicted molar refractivity (Wildman–Crippen MR) is 91.6 cm³/mol. The van der Waals surface area contributed by atoms with Crippen LogP contribution in [0, 0.1) is 5.82 Å². The van der Waals surface area contributed by atoms with Gasteiger partial charge < -0.3 is 9.88 Å². The van der Waals surface area contributed by atoms with Gasteiger partial charge in [0.15, 0.2) is 0 Å². The van der Waals surface area contributed by atoms with Gasteiger partial charge in [0.2, 0.25) is 0 Å². The summed E-state index contributed by atoms with van der Waals surface area (Å²) in [6.07, 6.45) is 2.06. The maximum atomic E-state index is 13.8. The molecule has 0 aliphatic carbocycles. The maximum Gasteiger partial charge on any atom is 0.272 e. The van der Waals surface area contributed by atoms with Crippen molar-refractivity contribution in [1.82, 2.24) is 9.38 Å². The van der Waals surface area contributed by atoms with Gasteiger partial charge in [0, 0.05) is 32.4 Å². The summed E-state index contributed by atoms with van der Waals surface area (Å²) in [5.41, 5.74) is 2.26. The first-order valence-corrected chi connectivity index (χ1v) is 7.67. The van der Waals surface area contributed by atoms with Gasteiger partial charge in [-0.15, -0.1) is 0 Å². The first-order chi connectivity index (χ1) is 10.9. The standard InChI is InChI=1S/C16H14Cl2FN3O/c1-21(2)13-6-9(3-4-12(13)19)5-10-8-20-16(23)14-7-11(17)15(18)22(10)14/h3-4,6-8H,5H2,1-2H3,(H,20,23). The number of nitrogens with one attached hydrogen (secondary N) is 1. The minimum absolute atomic E-state index is 0.268. The van der Waals surface area contributed by atoms with Crippen molar-refractivity contribution in [3.05, 3.63) is 68.1 Å². The Balaban J connectivity index is 2.11. The Bertz CT molecular complexity index is 946. The van der Waals surface area contributed by atoms with Crippen LogP contribution in [0.1, 0.15) is 11.3 Å². The molecule has 0 aliphatic rings. The highest BCUT2D eigenvalue weighted by Gasteiger charge is 2.14. The highest BCUT2D eigenvalue weighted by atomic mass is 35.5. The summed E-state index contributed by atoms with van der Waals surface area (Å²) in [7, 11) is 3.56. The number of aromatic nitrogens is 2. The Kier molecular flexibility index (Phi) is 4.08. The fourth-order valence-electron chi connectivity index (χ4n) is 2.54. The quantitative estimate of drug-likeness (QED) is 0.779. The highest BCUT2D eigenvalue weighted by Crippen LogP contribution is 2.27. The average molecular weight is 354 g/mol. The van der Waals surface area contributed by atoms with Crippen molar-refractivity contribution in [3.8, 4) is 0 Å². The molecule has 0 fully saturated rings. The molecule has 4 nitrogen and oxygen atoms in total. The van der Waals surface area contributed by atoms with Gasteiger partial charge in [-0.3, -0.25) is 9.20 Å². The molecular formula is C16H14Cl2FN3O. The second-order valence-electron chi connectivity index (χ2n) is 5.47. The molecule has 0 bridgehead atoms. The Morgan fingerprint density at radius 2 is 2.00 bits per heavy atom. The lowest BCUT2D eigenvalue weighted by Gasteiger charge is -2.15. The summed E-state index contributed by atoms with van der Waals surface area (Å²) in [4.78, 5) is 16.3. The summed E-state index contributed by atoms with van der Waals surface area (Å²) < 4.78 is 15.4. The van der Waals surface area contributed by atoms with Crippen LogP contribution in [0.4, 0.5) is 10.1 Å². The molecule has 120 valence electrons. The molecule has 0 saturated carbocycles. The molecule has 0 saturated heterocycles. The van der Waals surface area contributed by atoms with E-state index in [1.54, 1.807) is 41.7 Å². The second-order valence-corrected chi connectivity index (χ2v) is 6.24. The number of rotatable bonds is 3. The number of H-pyrrole nitrogens is 1. The second kappa shape index (κ2) is 5.91. The number of halogens is 3. The van der Waals surface area contributed by atoms with Crippen LogP contribution in [0.2, 0.25) is 10.2 Å². The summed E-state index contributed by atoms with van der Waals surface area (Å²) in [6, 6.07) is 6.43. The monoisotopic (exact) mass is 353 g/mol. The van der Waals surface area contributed by atoms with E-state index >= 15 is 0 Å². The first-order valence-electron chi connectivity index (χ1n) is 6.91. The normalized spacial score (nSPS) is 11.2. The van der Waals surface area contributed by atoms with Crippen LogP contribution in [-0.2, 0) is 6.42 Å². The Morgan fingerprint density at radius 1 is 1.26 bits per heavy atom. The van der Waals surface area contributed by atoms with E-state index in [1.165, 1.54) is 12.1 Å². The van der Waals surface area contributed by atoms with Crippen molar-refractivity contribution >= 4 is 34.4 Å². The third kappa shape index (κ3) is 2.82. The van der Waals surface area contributed by atoms with Crippen LogP contribution in [0.25, 0.3) is 5.52 Å². The van der Waals surface area contributed by atoms with Gasteiger partial charge in [-0.1, -0.05) is 29.3 Å². The number of benzene rings is 1. The summed E-state index contributed by atoms with van der Waals surface area (Å²) in [6.45, 7) is 0. The van der Waals surface area contributed by atoms with E-state index in [0.29, 0.717) is 22.6 Å². The zero-order valence-electron chi connectivity index (χ0n) is 12.5. The molecule has 0 amide bonds. The highest BCUT2D eigenvalue weighted by molar-refractivity contribution is 6.42. The van der Waals surface area contributed by atoms with E-state index in [0.717, 1.165) is 11.3 Å². The van der Waals surface area contributed by atoms with Crippen molar-refractivity contribution in [2.45, 2.75) is 6.42 Å². The summed E-state index contributed by atoms with van der Waals surface area (Å²) >= 11 is 12.2. The van der Waals surface area contributed by atoms with Crippen LogP contribution in [0.15, 0.2) is 35.3 Å². The van der Waals surface area contributed by atoms with E-state index < -0.39 is 0 Å². The number of anilines is 1. The SMILES string of the molecule is CN(C)c1cc(Cc2c[nH]c(=O)c3cc(Cl)c(Cl)n23)ccc1F. The van der Waals surface area contributed by atoms with Crippen LogP contribution in [-0.4, -0.2) is 23.5 Å². The van der Waals surface area contributed by atoms with Crippen molar-refractivity contribution in [2.24, 2.45) is 0 Å². The van der Waals surface area contributed by atoms with E-state index in [1.807, 2.05) is 0 Å². The van der Waals surface area contributed by atoms with Gasteiger partial charge in [0.05, 0.1) is 10.7 Å². The summed E-state index contributed by atoms with van der Waals surface area (Å²) in [5.74, 6) is -0.285. The minimum Gasteiger partial charge on any atom is -0.375 e. The Labute approximate surface area is 142 Å². The van der Waals surface area contributed by atoms with Crippen LogP contribution < -0.4 is 10.5 Å². The zero-order valence-corrected chi connectivity index (χ0v) is 14.0. The van der Waals surface area contributed by atoms with E-state index in [9.17, 15) is 9.18 Å². The van der Waals surface area contributed by atoms with E-state index in [4.69, 9.17) is 23.2 Å². The van der Waals surface area contributed by atoms with Gasteiger partial charge >= 0.3 is 0 Å². The molecule has 0 atom stereocenters. The molecule has 1 N–H and O–H groups in total. The van der Waals surface area contributed by atoms with E-state index in [-0.39, 0.29) is 16.5 Å². The lowest BCUT2D eigenvalue weighted by molar-refractivity contribution is 0.625. The average Bonchev–Trinajstić information content (AvgIpc) is 2.81. The van der Waals surface area contributed by atoms with Crippen LogP contribution in [0.5, 0.6) is 0 Å². The molecule has 3 rings (SSSR count). The lowest BCUT2D eigenvalue weighted by Crippen LogP contribution is -2.13. The number of nitrogens with zero attached hydrogens (tertiary/aromatic N) is 2. The molecular weight excluding hydrogens is 340 g/mol. The van der Waals surface area contributed by atoms with Gasteiger partial charge in [-0.05, 0) is 23.8 Å². The molecule has 7 heteroatoms. The maximum absolute atomic E-state index is 13.8. The first kappa shape index (κ1) is 15.9. The third-order valence-electron chi connectivity index (χ3n) is 3.67. The van der Waals surface area contributed by atoms with Crippen molar-refractivity contribution in [1.29, 1.82) is 0 Å². The van der Waals surface area contributed by atoms with Crippen LogP contribution >= 0.6 is 23.2 Å². The topological polar surface area (TPSA) is 40.5 Å². The van der Waals surface area contributed by atoms with Crippen molar-refractivity contribution < 1.29 is 4.39 Å². The Morgan fingerprint density at radius 3 is 2.70 bits per heavy atom. The van der Waals surface area contributed by atoms with Crippen molar-refractivity contribution in [2.75, 3.05) is 19.0 Å². The molecule has 2 aromatic heterocycles. The van der Waals surface area contributed by atoms with Gasteiger partial charge in [0.25, 0.3) is 5.56 Å². The lowest BCUT2D eigenvalue weighted by atomic mass is 10.1. The predicted octanol–water partition coefficient (Wildman–Crippen LogP) is 3.73. The molecule has 1 aromatic carbocycles. The zero-order chi connectivity index (χ0) is 16.7. The Hall–Kier alpha value is -1.98. The largest absolute Gasteiger partial charge is 0.375 e. The molecule has 0 unspecified atom stereocenters. The van der Waals surface area contributed by atoms with Crippen molar-refractivity contribution in [3.63, 3.8) is 0 Å². The van der Waals surface area contributed by atoms with Gasteiger partial charge in [0.1, 0.15) is 16.5 Å². The van der Waals surface area contributed by atoms with E-state index in [2.05, 4.69) is 4.98 Å². The van der Waals surface area contributed by atoms with Gasteiger partial charge in [-0.2, -0.15) is 0 Å². The molecule has 23 heavy (non-hydrogen) atoms. The van der Waals surface area contributed by atoms with Crippen LogP contribution in [0.3, 0.4) is 0 Å². The fourth-order valence-corrected chi connectivity index (χ4v) is 2.98. The molecule has 0 radical (unpaired) electrons. The third-order valence-corrected chi connectivity index (χ3v) is 4.42.